The maximum atomic E-state index is 11.8. The highest BCUT2D eigenvalue weighted by molar-refractivity contribution is 5.84. The van der Waals surface area contributed by atoms with Crippen molar-refractivity contribution < 1.29 is 23.1 Å². The maximum absolute atomic E-state index is 11.8. The lowest BCUT2D eigenvalue weighted by molar-refractivity contribution is -0.131. The van der Waals surface area contributed by atoms with Gasteiger partial charge in [-0.1, -0.05) is 0 Å². The molecule has 0 aliphatic heterocycles. The molecule has 0 bridgehead atoms. The number of aromatic carboxylic acids is 1. The summed E-state index contributed by atoms with van der Waals surface area (Å²) in [5.41, 5.74) is -0.263. The summed E-state index contributed by atoms with van der Waals surface area (Å²) in [5, 5.41) is 10.9. The van der Waals surface area contributed by atoms with Crippen molar-refractivity contribution in [3.05, 3.63) is 18.1 Å². The molecule has 0 amide bonds. The third kappa shape index (κ3) is 4.11. The SMILES string of the molecule is O=C(O)c1cnc(NCCC(F)(F)F)cn1. The first-order valence-corrected chi connectivity index (χ1v) is 4.24. The quantitative estimate of drug-likeness (QED) is 0.827. The van der Waals surface area contributed by atoms with Crippen molar-refractivity contribution in [2.24, 2.45) is 0 Å². The third-order valence-corrected chi connectivity index (χ3v) is 1.59. The number of nitrogens with one attached hydrogen (secondary N) is 1. The second kappa shape index (κ2) is 4.77. The Balaban J connectivity index is 2.47. The van der Waals surface area contributed by atoms with Gasteiger partial charge >= 0.3 is 12.1 Å². The minimum Gasteiger partial charge on any atom is -0.476 e. The van der Waals surface area contributed by atoms with Gasteiger partial charge in [-0.2, -0.15) is 13.2 Å². The number of carbonyl (C=O) groups is 1. The van der Waals surface area contributed by atoms with Crippen LogP contribution in [0.3, 0.4) is 0 Å². The number of nitrogens with zero attached hydrogens (tertiary/aromatic N) is 2. The number of rotatable bonds is 4. The average molecular weight is 235 g/mol. The summed E-state index contributed by atoms with van der Waals surface area (Å²) in [7, 11) is 0. The van der Waals surface area contributed by atoms with E-state index in [0.717, 1.165) is 12.4 Å². The van der Waals surface area contributed by atoms with Gasteiger partial charge in [0.25, 0.3) is 0 Å². The minimum atomic E-state index is -4.23. The van der Waals surface area contributed by atoms with Crippen LogP contribution in [0.1, 0.15) is 16.9 Å². The monoisotopic (exact) mass is 235 g/mol. The molecular formula is C8H8F3N3O2. The van der Waals surface area contributed by atoms with E-state index >= 15 is 0 Å². The Bertz CT molecular complexity index is 364. The Morgan fingerprint density at radius 2 is 2.06 bits per heavy atom. The second-order valence-electron chi connectivity index (χ2n) is 2.88. The third-order valence-electron chi connectivity index (χ3n) is 1.59. The van der Waals surface area contributed by atoms with Crippen LogP contribution in [0.5, 0.6) is 0 Å². The number of carboxylic acid groups (broad SMARTS) is 1. The van der Waals surface area contributed by atoms with Gasteiger partial charge in [0.2, 0.25) is 0 Å². The van der Waals surface area contributed by atoms with Crippen molar-refractivity contribution in [2.75, 3.05) is 11.9 Å². The van der Waals surface area contributed by atoms with Crippen LogP contribution in [-0.2, 0) is 0 Å². The van der Waals surface area contributed by atoms with Crippen molar-refractivity contribution in [1.29, 1.82) is 0 Å². The van der Waals surface area contributed by atoms with Crippen molar-refractivity contribution in [2.45, 2.75) is 12.6 Å². The summed E-state index contributed by atoms with van der Waals surface area (Å²) < 4.78 is 35.3. The van der Waals surface area contributed by atoms with Gasteiger partial charge in [0.1, 0.15) is 5.82 Å². The average Bonchev–Trinajstić information content (AvgIpc) is 2.16. The molecule has 5 nitrogen and oxygen atoms in total. The molecule has 1 heterocycles. The summed E-state index contributed by atoms with van der Waals surface area (Å²) in [6.45, 7) is -0.329. The Labute approximate surface area is 88.3 Å². The summed E-state index contributed by atoms with van der Waals surface area (Å²) in [5.74, 6) is -1.14. The van der Waals surface area contributed by atoms with Crippen molar-refractivity contribution in [3.63, 3.8) is 0 Å². The zero-order valence-electron chi connectivity index (χ0n) is 7.95. The number of halogens is 3. The van der Waals surface area contributed by atoms with E-state index in [1.54, 1.807) is 0 Å². The van der Waals surface area contributed by atoms with Crippen LogP contribution in [0.15, 0.2) is 12.4 Å². The van der Waals surface area contributed by atoms with Gasteiger partial charge in [0.05, 0.1) is 18.8 Å². The molecule has 0 radical (unpaired) electrons. The van der Waals surface area contributed by atoms with E-state index in [1.165, 1.54) is 0 Å². The zero-order valence-corrected chi connectivity index (χ0v) is 7.95. The highest BCUT2D eigenvalue weighted by Crippen LogP contribution is 2.18. The Kier molecular flexibility index (Phi) is 3.64. The number of hydrogen-bond acceptors (Lipinski definition) is 4. The first-order valence-electron chi connectivity index (χ1n) is 4.24. The molecule has 2 N–H and O–H groups in total. The molecule has 8 heteroatoms. The fraction of sp³-hybridized carbons (Fsp3) is 0.375. The van der Waals surface area contributed by atoms with Gasteiger partial charge in [-0.3, -0.25) is 0 Å². The fourth-order valence-electron chi connectivity index (χ4n) is 0.862. The normalized spacial score (nSPS) is 11.2. The van der Waals surface area contributed by atoms with Crippen LogP contribution in [0.25, 0.3) is 0 Å². The fourth-order valence-corrected chi connectivity index (χ4v) is 0.862. The van der Waals surface area contributed by atoms with Crippen LogP contribution < -0.4 is 5.32 Å². The van der Waals surface area contributed by atoms with Crippen LogP contribution in [0.4, 0.5) is 19.0 Å². The van der Waals surface area contributed by atoms with Crippen LogP contribution in [0, 0.1) is 0 Å². The molecule has 0 atom stereocenters. The lowest BCUT2D eigenvalue weighted by Gasteiger charge is -2.07. The van der Waals surface area contributed by atoms with Crippen molar-refractivity contribution >= 4 is 11.8 Å². The van der Waals surface area contributed by atoms with E-state index in [4.69, 9.17) is 5.11 Å². The Hall–Kier alpha value is -1.86. The largest absolute Gasteiger partial charge is 0.476 e. The Morgan fingerprint density at radius 3 is 2.50 bits per heavy atom. The van der Waals surface area contributed by atoms with Crippen molar-refractivity contribution in [1.82, 2.24) is 9.97 Å². The number of alkyl halides is 3. The van der Waals surface area contributed by atoms with E-state index in [-0.39, 0.29) is 18.1 Å². The summed E-state index contributed by atoms with van der Waals surface area (Å²) >= 11 is 0. The van der Waals surface area contributed by atoms with Gasteiger partial charge < -0.3 is 10.4 Å². The van der Waals surface area contributed by atoms with E-state index in [9.17, 15) is 18.0 Å². The van der Waals surface area contributed by atoms with Gasteiger partial charge in [-0.05, 0) is 0 Å². The standard InChI is InChI=1S/C8H8F3N3O2/c9-8(10,11)1-2-12-6-4-13-5(3-14-6)7(15)16/h3-4H,1-2H2,(H,12,14)(H,15,16). The maximum Gasteiger partial charge on any atom is 0.390 e. The van der Waals surface area contributed by atoms with E-state index in [0.29, 0.717) is 0 Å². The van der Waals surface area contributed by atoms with Gasteiger partial charge in [0.15, 0.2) is 5.69 Å². The highest BCUT2D eigenvalue weighted by Gasteiger charge is 2.26. The van der Waals surface area contributed by atoms with Crippen molar-refractivity contribution in [3.8, 4) is 0 Å². The Morgan fingerprint density at radius 1 is 1.38 bits per heavy atom. The van der Waals surface area contributed by atoms with E-state index in [1.807, 2.05) is 0 Å². The smallest absolute Gasteiger partial charge is 0.390 e. The van der Waals surface area contributed by atoms with Gasteiger partial charge in [-0.15, -0.1) is 0 Å². The lowest BCUT2D eigenvalue weighted by atomic mass is 10.4. The highest BCUT2D eigenvalue weighted by atomic mass is 19.4. The topological polar surface area (TPSA) is 75.1 Å². The lowest BCUT2D eigenvalue weighted by Crippen LogP contribution is -2.15. The number of aromatic nitrogens is 2. The molecule has 0 aliphatic rings. The predicted octanol–water partition coefficient (Wildman–Crippen LogP) is 1.54. The van der Waals surface area contributed by atoms with E-state index < -0.39 is 18.6 Å². The summed E-state index contributed by atoms with van der Waals surface area (Å²) in [6.07, 6.45) is -3.19. The molecule has 0 spiro atoms. The van der Waals surface area contributed by atoms with Crippen LogP contribution in [-0.4, -0.2) is 33.8 Å². The molecule has 0 fully saturated rings. The molecule has 0 aromatic carbocycles. The molecular weight excluding hydrogens is 227 g/mol. The zero-order chi connectivity index (χ0) is 12.2. The summed E-state index contributed by atoms with van der Waals surface area (Å²) in [4.78, 5) is 17.5. The first-order chi connectivity index (χ1) is 7.38. The molecule has 88 valence electrons. The molecule has 0 unspecified atom stereocenters. The molecule has 0 saturated carbocycles. The molecule has 1 aromatic heterocycles. The molecule has 1 aromatic rings. The second-order valence-corrected chi connectivity index (χ2v) is 2.88. The predicted molar refractivity (Wildman–Crippen MR) is 48.2 cm³/mol. The number of hydrogen-bond donors (Lipinski definition) is 2. The summed E-state index contributed by atoms with van der Waals surface area (Å²) in [6, 6.07) is 0. The molecule has 16 heavy (non-hydrogen) atoms. The molecule has 0 aliphatic carbocycles. The minimum absolute atomic E-state index is 0.106. The van der Waals surface area contributed by atoms with Gasteiger partial charge in [0, 0.05) is 6.54 Å². The molecule has 1 rings (SSSR count). The number of anilines is 1. The van der Waals surface area contributed by atoms with Gasteiger partial charge in [-0.25, -0.2) is 14.8 Å². The first kappa shape index (κ1) is 12.2. The van der Waals surface area contributed by atoms with Crippen LogP contribution >= 0.6 is 0 Å². The number of carboxylic acids is 1. The molecule has 0 saturated heterocycles. The van der Waals surface area contributed by atoms with Crippen LogP contribution in [0.2, 0.25) is 0 Å². The van der Waals surface area contributed by atoms with E-state index in [2.05, 4.69) is 15.3 Å².